The number of halogens is 1. The lowest BCUT2D eigenvalue weighted by molar-refractivity contribution is 0.0955. The molecule has 2 aromatic heterocycles. The average molecular weight is 360 g/mol. The third kappa shape index (κ3) is 3.91. The Kier molecular flexibility index (Phi) is 5.64. The second kappa shape index (κ2) is 7.53. The summed E-state index contributed by atoms with van der Waals surface area (Å²) in [6.45, 7) is 6.25. The summed E-state index contributed by atoms with van der Waals surface area (Å²) in [5, 5.41) is 7.39. The van der Waals surface area contributed by atoms with Gasteiger partial charge in [-0.25, -0.2) is 9.50 Å². The molecule has 6 nitrogen and oxygen atoms in total. The molecule has 0 spiro atoms. The Morgan fingerprint density at radius 1 is 1.20 bits per heavy atom. The zero-order chi connectivity index (χ0) is 17.3. The van der Waals surface area contributed by atoms with Gasteiger partial charge in [0.15, 0.2) is 5.65 Å². The van der Waals surface area contributed by atoms with Crippen molar-refractivity contribution in [3.8, 4) is 0 Å². The maximum atomic E-state index is 12.6. The minimum atomic E-state index is -0.143. The third-order valence-electron chi connectivity index (χ3n) is 3.98. The Hall–Kier alpha value is -2.60. The second-order valence-electron chi connectivity index (χ2n) is 5.98. The lowest BCUT2D eigenvalue weighted by Crippen LogP contribution is -2.26. The molecule has 3 rings (SSSR count). The molecule has 132 valence electrons. The maximum absolute atomic E-state index is 12.6. The number of carbonyl (C=O) groups is 1. The van der Waals surface area contributed by atoms with E-state index in [1.54, 1.807) is 4.52 Å². The lowest BCUT2D eigenvalue weighted by Gasteiger charge is -2.06. The van der Waals surface area contributed by atoms with E-state index in [0.29, 0.717) is 23.4 Å². The first kappa shape index (κ1) is 18.7. The smallest absolute Gasteiger partial charge is 0.257 e. The molecule has 3 aromatic rings. The fraction of sp³-hybridized carbons (Fsp3) is 0.278. The maximum Gasteiger partial charge on any atom is 0.257 e. The minimum absolute atomic E-state index is 0. The number of nitrogens with two attached hydrogens (primary N) is 1. The molecule has 0 atom stereocenters. The van der Waals surface area contributed by atoms with Crippen LogP contribution in [0.3, 0.4) is 0 Å². The number of amides is 1. The molecule has 1 aromatic carbocycles. The van der Waals surface area contributed by atoms with Crippen molar-refractivity contribution in [3.63, 3.8) is 0 Å². The summed E-state index contributed by atoms with van der Waals surface area (Å²) >= 11 is 0. The first-order valence-corrected chi connectivity index (χ1v) is 7.92. The van der Waals surface area contributed by atoms with Crippen LogP contribution in [0.2, 0.25) is 0 Å². The molecule has 0 aliphatic rings. The van der Waals surface area contributed by atoms with Gasteiger partial charge in [-0.15, -0.1) is 12.4 Å². The van der Waals surface area contributed by atoms with Crippen LogP contribution in [0.25, 0.3) is 5.65 Å². The highest BCUT2D eigenvalue weighted by atomic mass is 35.5. The predicted molar refractivity (Wildman–Crippen MR) is 101 cm³/mol. The Morgan fingerprint density at radius 2 is 1.88 bits per heavy atom. The van der Waals surface area contributed by atoms with E-state index in [1.807, 2.05) is 51.1 Å². The number of carbonyl (C=O) groups excluding carboxylic acids is 1. The first-order chi connectivity index (χ1) is 11.5. The van der Waals surface area contributed by atoms with Crippen molar-refractivity contribution in [3.05, 3.63) is 58.5 Å². The molecule has 2 heterocycles. The van der Waals surface area contributed by atoms with Gasteiger partial charge in [-0.1, -0.05) is 12.1 Å². The molecule has 0 unspecified atom stereocenters. The molecular formula is C18H22ClN5O. The van der Waals surface area contributed by atoms with E-state index in [1.165, 1.54) is 0 Å². The Balaban J connectivity index is 0.00000225. The Bertz CT molecular complexity index is 902. The fourth-order valence-corrected chi connectivity index (χ4v) is 2.79. The first-order valence-electron chi connectivity index (χ1n) is 7.92. The normalized spacial score (nSPS) is 10.5. The molecule has 3 N–H and O–H groups in total. The van der Waals surface area contributed by atoms with E-state index in [9.17, 15) is 4.79 Å². The number of nitrogens with zero attached hydrogens (tertiary/aromatic N) is 3. The van der Waals surface area contributed by atoms with Gasteiger partial charge in [-0.3, -0.25) is 4.79 Å². The fourth-order valence-electron chi connectivity index (χ4n) is 2.79. The zero-order valence-corrected chi connectivity index (χ0v) is 15.4. The number of anilines is 1. The Morgan fingerprint density at radius 3 is 2.56 bits per heavy atom. The van der Waals surface area contributed by atoms with Crippen molar-refractivity contribution in [2.75, 3.05) is 12.3 Å². The average Bonchev–Trinajstić information content (AvgIpc) is 2.85. The van der Waals surface area contributed by atoms with Crippen LogP contribution in [0.15, 0.2) is 30.3 Å². The SMILES string of the molecule is Cc1cc(C)n2nc(C)c(C(=O)NCCc3ccc(N)cc3)c2n1.Cl. The van der Waals surface area contributed by atoms with E-state index in [0.717, 1.165) is 29.1 Å². The highest BCUT2D eigenvalue weighted by molar-refractivity contribution is 6.01. The number of hydrogen-bond donors (Lipinski definition) is 2. The van der Waals surface area contributed by atoms with Gasteiger partial charge < -0.3 is 11.1 Å². The van der Waals surface area contributed by atoms with Crippen LogP contribution >= 0.6 is 12.4 Å². The van der Waals surface area contributed by atoms with E-state index < -0.39 is 0 Å². The van der Waals surface area contributed by atoms with Crippen molar-refractivity contribution < 1.29 is 4.79 Å². The molecule has 0 aliphatic carbocycles. The molecule has 0 bridgehead atoms. The molecule has 7 heteroatoms. The third-order valence-corrected chi connectivity index (χ3v) is 3.98. The number of rotatable bonds is 4. The van der Waals surface area contributed by atoms with Crippen molar-refractivity contribution >= 4 is 29.6 Å². The summed E-state index contributed by atoms with van der Waals surface area (Å²) in [7, 11) is 0. The van der Waals surface area contributed by atoms with Crippen molar-refractivity contribution in [2.45, 2.75) is 27.2 Å². The van der Waals surface area contributed by atoms with Crippen molar-refractivity contribution in [1.82, 2.24) is 19.9 Å². The largest absolute Gasteiger partial charge is 0.399 e. The van der Waals surface area contributed by atoms with Gasteiger partial charge in [0.1, 0.15) is 5.56 Å². The summed E-state index contributed by atoms with van der Waals surface area (Å²) in [5.74, 6) is -0.143. The Labute approximate surface area is 152 Å². The van der Waals surface area contributed by atoms with Crippen LogP contribution in [0.5, 0.6) is 0 Å². The molecule has 1 amide bonds. The van der Waals surface area contributed by atoms with Crippen LogP contribution < -0.4 is 11.1 Å². The van der Waals surface area contributed by atoms with Crippen LogP contribution in [0, 0.1) is 20.8 Å². The topological polar surface area (TPSA) is 85.3 Å². The summed E-state index contributed by atoms with van der Waals surface area (Å²) in [6.07, 6.45) is 0.746. The van der Waals surface area contributed by atoms with Gasteiger partial charge in [-0.05, 0) is 51.0 Å². The van der Waals surface area contributed by atoms with Crippen LogP contribution in [-0.2, 0) is 6.42 Å². The highest BCUT2D eigenvalue weighted by Gasteiger charge is 2.19. The molecule has 0 aliphatic heterocycles. The number of hydrogen-bond acceptors (Lipinski definition) is 4. The number of nitrogens with one attached hydrogen (secondary N) is 1. The van der Waals surface area contributed by atoms with Crippen LogP contribution in [0.4, 0.5) is 5.69 Å². The van der Waals surface area contributed by atoms with Crippen molar-refractivity contribution in [2.24, 2.45) is 0 Å². The van der Waals surface area contributed by atoms with Gasteiger partial charge in [-0.2, -0.15) is 5.10 Å². The summed E-state index contributed by atoms with van der Waals surface area (Å²) in [4.78, 5) is 17.1. The minimum Gasteiger partial charge on any atom is -0.399 e. The molecule has 0 fully saturated rings. The molecular weight excluding hydrogens is 338 g/mol. The molecule has 0 saturated heterocycles. The van der Waals surface area contributed by atoms with Crippen LogP contribution in [-0.4, -0.2) is 27.0 Å². The van der Waals surface area contributed by atoms with E-state index >= 15 is 0 Å². The van der Waals surface area contributed by atoms with E-state index in [2.05, 4.69) is 15.4 Å². The summed E-state index contributed by atoms with van der Waals surface area (Å²) in [5.41, 5.74) is 11.2. The van der Waals surface area contributed by atoms with Gasteiger partial charge in [0, 0.05) is 23.6 Å². The molecule has 0 radical (unpaired) electrons. The highest BCUT2D eigenvalue weighted by Crippen LogP contribution is 2.16. The van der Waals surface area contributed by atoms with Crippen molar-refractivity contribution in [1.29, 1.82) is 0 Å². The van der Waals surface area contributed by atoms with Gasteiger partial charge >= 0.3 is 0 Å². The van der Waals surface area contributed by atoms with Gasteiger partial charge in [0.2, 0.25) is 0 Å². The predicted octanol–water partition coefficient (Wildman–Crippen LogP) is 2.63. The molecule has 0 saturated carbocycles. The number of fused-ring (bicyclic) bond motifs is 1. The monoisotopic (exact) mass is 359 g/mol. The number of nitrogen functional groups attached to an aromatic ring is 1. The lowest BCUT2D eigenvalue weighted by atomic mass is 10.1. The number of aromatic nitrogens is 3. The quantitative estimate of drug-likeness (QED) is 0.701. The van der Waals surface area contributed by atoms with Gasteiger partial charge in [0.25, 0.3) is 5.91 Å². The number of benzene rings is 1. The molecule has 25 heavy (non-hydrogen) atoms. The van der Waals surface area contributed by atoms with Gasteiger partial charge in [0.05, 0.1) is 5.69 Å². The standard InChI is InChI=1S/C18H21N5O.ClH/c1-11-10-12(2)23-17(21-11)16(13(3)22-23)18(24)20-9-8-14-4-6-15(19)7-5-14;/h4-7,10H,8-9,19H2,1-3H3,(H,20,24);1H. The summed E-state index contributed by atoms with van der Waals surface area (Å²) < 4.78 is 1.72. The number of aryl methyl sites for hydroxylation is 3. The van der Waals surface area contributed by atoms with E-state index in [4.69, 9.17) is 5.73 Å². The zero-order valence-electron chi connectivity index (χ0n) is 14.5. The summed E-state index contributed by atoms with van der Waals surface area (Å²) in [6, 6.07) is 9.61. The second-order valence-corrected chi connectivity index (χ2v) is 5.98. The van der Waals surface area contributed by atoms with Crippen LogP contribution in [0.1, 0.15) is 33.0 Å². The van der Waals surface area contributed by atoms with E-state index in [-0.39, 0.29) is 18.3 Å².